The summed E-state index contributed by atoms with van der Waals surface area (Å²) in [7, 11) is 1.92. The van der Waals surface area contributed by atoms with Crippen LogP contribution >= 0.6 is 12.2 Å². The van der Waals surface area contributed by atoms with Gasteiger partial charge in [0.25, 0.3) is 11.8 Å². The summed E-state index contributed by atoms with van der Waals surface area (Å²) in [6.45, 7) is 6.27. The number of thiocarbonyl (C=S) groups is 1. The Labute approximate surface area is 190 Å². The lowest BCUT2D eigenvalue weighted by Crippen LogP contribution is -2.54. The fraction of sp³-hybridized carbons (Fsp3) is 0.292. The number of halogens is 2. The van der Waals surface area contributed by atoms with Gasteiger partial charge in [0.15, 0.2) is 5.11 Å². The fourth-order valence-corrected chi connectivity index (χ4v) is 4.65. The van der Waals surface area contributed by atoms with Crippen LogP contribution in [-0.2, 0) is 9.59 Å². The van der Waals surface area contributed by atoms with E-state index in [9.17, 15) is 14.0 Å². The van der Waals surface area contributed by atoms with Gasteiger partial charge in [-0.15, -0.1) is 0 Å². The van der Waals surface area contributed by atoms with Crippen molar-refractivity contribution in [3.05, 3.63) is 64.7 Å². The van der Waals surface area contributed by atoms with Gasteiger partial charge in [0.1, 0.15) is 17.2 Å². The van der Waals surface area contributed by atoms with Crippen molar-refractivity contribution in [2.24, 2.45) is 0 Å². The molecular formula is C24H23F2N3O2S. The first-order valence-corrected chi connectivity index (χ1v) is 10.7. The Morgan fingerprint density at radius 1 is 1.12 bits per heavy atom. The van der Waals surface area contributed by atoms with Crippen molar-refractivity contribution in [2.45, 2.75) is 38.6 Å². The molecule has 4 rings (SSSR count). The zero-order chi connectivity index (χ0) is 23.4. The lowest BCUT2D eigenvalue weighted by Gasteiger charge is -2.45. The maximum Gasteiger partial charge on any atom is 0.270 e. The zero-order valence-corrected chi connectivity index (χ0v) is 19.0. The molecule has 5 nitrogen and oxygen atoms in total. The van der Waals surface area contributed by atoms with Crippen molar-refractivity contribution in [1.29, 1.82) is 0 Å². The Hall–Kier alpha value is -3.13. The number of nitrogens with zero attached hydrogens (tertiary/aromatic N) is 2. The number of amides is 2. The van der Waals surface area contributed by atoms with E-state index in [1.165, 1.54) is 30.3 Å². The van der Waals surface area contributed by atoms with E-state index in [0.717, 1.165) is 22.6 Å². The van der Waals surface area contributed by atoms with Crippen LogP contribution < -0.4 is 15.1 Å². The number of carbonyl (C=O) groups excluding carboxylic acids is 2. The van der Waals surface area contributed by atoms with Crippen molar-refractivity contribution < 1.29 is 18.4 Å². The quantitative estimate of drug-likeness (QED) is 0.411. The van der Waals surface area contributed by atoms with Crippen LogP contribution in [0.4, 0.5) is 20.2 Å². The summed E-state index contributed by atoms with van der Waals surface area (Å²) in [5, 5.41) is 2.17. The van der Waals surface area contributed by atoms with E-state index in [1.54, 1.807) is 12.1 Å². The number of rotatable bonds is 2. The van der Waals surface area contributed by atoms with Gasteiger partial charge in [-0.2, -0.15) is 0 Å². The monoisotopic (exact) mass is 455 g/mol. The standard InChI is InChI=1S/C24H23F2N3O2S/c1-13-12-24(2,3)28(4)20-11-18(26)14(9-15(13)20)10-16-21(30)27-23(32)29(22(16)31)19-8-6-5-7-17(19)25/h5-11,13H,12H2,1-4H3,(H,27,30,32)/b16-10-. The molecule has 32 heavy (non-hydrogen) atoms. The Balaban J connectivity index is 1.79. The number of fused-ring (bicyclic) bond motifs is 1. The molecule has 1 N–H and O–H groups in total. The van der Waals surface area contributed by atoms with Gasteiger partial charge in [-0.25, -0.2) is 13.7 Å². The molecule has 1 atom stereocenters. The van der Waals surface area contributed by atoms with Gasteiger partial charge in [0.05, 0.1) is 5.69 Å². The highest BCUT2D eigenvalue weighted by Gasteiger charge is 2.37. The van der Waals surface area contributed by atoms with E-state index in [4.69, 9.17) is 12.2 Å². The second kappa shape index (κ2) is 7.78. The first kappa shape index (κ1) is 22.1. The van der Waals surface area contributed by atoms with Crippen molar-refractivity contribution in [3.8, 4) is 0 Å². The number of carbonyl (C=O) groups is 2. The average molecular weight is 456 g/mol. The summed E-state index contributed by atoms with van der Waals surface area (Å²) in [4.78, 5) is 28.6. The van der Waals surface area contributed by atoms with Crippen LogP contribution in [0.2, 0.25) is 0 Å². The van der Waals surface area contributed by atoms with Crippen molar-refractivity contribution in [3.63, 3.8) is 0 Å². The van der Waals surface area contributed by atoms with Crippen LogP contribution in [0, 0.1) is 11.6 Å². The molecule has 0 saturated carbocycles. The first-order valence-electron chi connectivity index (χ1n) is 10.2. The van der Waals surface area contributed by atoms with E-state index >= 15 is 4.39 Å². The highest BCUT2D eigenvalue weighted by atomic mass is 32.1. The Bertz CT molecular complexity index is 1190. The van der Waals surface area contributed by atoms with E-state index in [-0.39, 0.29) is 33.4 Å². The minimum atomic E-state index is -0.813. The molecular weight excluding hydrogens is 432 g/mol. The molecule has 166 valence electrons. The summed E-state index contributed by atoms with van der Waals surface area (Å²) in [5.74, 6) is -2.63. The van der Waals surface area contributed by atoms with Crippen LogP contribution in [0.3, 0.4) is 0 Å². The molecule has 2 aromatic rings. The number of nitrogens with one attached hydrogen (secondary N) is 1. The largest absolute Gasteiger partial charge is 0.369 e. The predicted molar refractivity (Wildman–Crippen MR) is 125 cm³/mol. The van der Waals surface area contributed by atoms with Gasteiger partial charge < -0.3 is 4.90 Å². The molecule has 2 aromatic carbocycles. The number of benzene rings is 2. The summed E-state index contributed by atoms with van der Waals surface area (Å²) >= 11 is 5.10. The molecule has 1 fully saturated rings. The average Bonchev–Trinajstić information content (AvgIpc) is 2.71. The second-order valence-corrected chi connectivity index (χ2v) is 9.21. The van der Waals surface area contributed by atoms with Gasteiger partial charge in [-0.3, -0.25) is 14.9 Å². The third-order valence-corrected chi connectivity index (χ3v) is 6.53. The lowest BCUT2D eigenvalue weighted by molar-refractivity contribution is -0.122. The van der Waals surface area contributed by atoms with E-state index in [0.29, 0.717) is 0 Å². The third-order valence-electron chi connectivity index (χ3n) is 6.25. The predicted octanol–water partition coefficient (Wildman–Crippen LogP) is 4.52. The maximum absolute atomic E-state index is 15.1. The Kier molecular flexibility index (Phi) is 5.36. The summed E-state index contributed by atoms with van der Waals surface area (Å²) < 4.78 is 29.4. The van der Waals surface area contributed by atoms with Gasteiger partial charge >= 0.3 is 0 Å². The van der Waals surface area contributed by atoms with Crippen LogP contribution in [-0.4, -0.2) is 29.5 Å². The molecule has 2 aliphatic rings. The lowest BCUT2D eigenvalue weighted by atomic mass is 9.80. The van der Waals surface area contributed by atoms with Crippen LogP contribution in [0.5, 0.6) is 0 Å². The van der Waals surface area contributed by atoms with Crippen molar-refractivity contribution >= 4 is 46.6 Å². The fourth-order valence-electron chi connectivity index (χ4n) is 4.38. The normalized spacial score (nSPS) is 21.6. The number of hydrogen-bond acceptors (Lipinski definition) is 4. The summed E-state index contributed by atoms with van der Waals surface area (Å²) in [6, 6.07) is 8.71. The molecule has 0 radical (unpaired) electrons. The van der Waals surface area contributed by atoms with Crippen LogP contribution in [0.25, 0.3) is 6.08 Å². The smallest absolute Gasteiger partial charge is 0.270 e. The van der Waals surface area contributed by atoms with E-state index < -0.39 is 23.4 Å². The molecule has 2 aliphatic heterocycles. The summed E-state index contributed by atoms with van der Waals surface area (Å²) in [6.07, 6.45) is 2.07. The highest BCUT2D eigenvalue weighted by Crippen LogP contribution is 2.43. The third kappa shape index (κ3) is 3.58. The van der Waals surface area contributed by atoms with Crippen LogP contribution in [0.1, 0.15) is 44.2 Å². The van der Waals surface area contributed by atoms with Crippen molar-refractivity contribution in [2.75, 3.05) is 16.8 Å². The topological polar surface area (TPSA) is 52.7 Å². The molecule has 0 spiro atoms. The molecule has 2 amide bonds. The first-order chi connectivity index (χ1) is 15.0. The Morgan fingerprint density at radius 2 is 1.81 bits per heavy atom. The minimum Gasteiger partial charge on any atom is -0.369 e. The Morgan fingerprint density at radius 3 is 2.50 bits per heavy atom. The molecule has 0 bridgehead atoms. The maximum atomic E-state index is 15.1. The van der Waals surface area contributed by atoms with Crippen LogP contribution in [0.15, 0.2) is 42.0 Å². The van der Waals surface area contributed by atoms with Gasteiger partial charge in [0, 0.05) is 23.8 Å². The highest BCUT2D eigenvalue weighted by molar-refractivity contribution is 7.80. The number of para-hydroxylation sites is 1. The van der Waals surface area contributed by atoms with Gasteiger partial charge in [-0.1, -0.05) is 19.1 Å². The number of anilines is 2. The number of hydrogen-bond donors (Lipinski definition) is 1. The zero-order valence-electron chi connectivity index (χ0n) is 18.2. The molecule has 8 heteroatoms. The van der Waals surface area contributed by atoms with Gasteiger partial charge in [0.2, 0.25) is 0 Å². The van der Waals surface area contributed by atoms with E-state index in [2.05, 4.69) is 26.1 Å². The molecule has 2 heterocycles. The molecule has 0 aliphatic carbocycles. The molecule has 1 saturated heterocycles. The molecule has 1 unspecified atom stereocenters. The second-order valence-electron chi connectivity index (χ2n) is 8.82. The van der Waals surface area contributed by atoms with Gasteiger partial charge in [-0.05, 0) is 74.3 Å². The van der Waals surface area contributed by atoms with Crippen molar-refractivity contribution in [1.82, 2.24) is 5.32 Å². The minimum absolute atomic E-state index is 0.0863. The SMILES string of the molecule is CC1CC(C)(C)N(C)c2cc(F)c(/C=C3/C(=O)NC(=S)N(c4ccccc4F)C3=O)cc21. The summed E-state index contributed by atoms with van der Waals surface area (Å²) in [5.41, 5.74) is 1.29. The van der Waals surface area contributed by atoms with E-state index in [1.807, 2.05) is 11.9 Å². The molecule has 0 aromatic heterocycles.